The molecule has 7 nitrogen and oxygen atoms in total. The van der Waals surface area contributed by atoms with Gasteiger partial charge in [0.2, 0.25) is 5.95 Å². The summed E-state index contributed by atoms with van der Waals surface area (Å²) < 4.78 is 1.80. The molecular formula is C20H23N7S. The van der Waals surface area contributed by atoms with Gasteiger partial charge in [0.15, 0.2) is 5.65 Å². The standard InChI is InChI=1S/C20H23N7S/c1-26(2)11-10-22-20-23-17(15-9-6-12-28-15)16-18(21)27(25-19(16)24-20)13-14-7-4-3-5-8-14/h3-9,12H,10-11,13,21H2,1-2H3,(H,22,24,25). The number of nitrogens with one attached hydrogen (secondary N) is 1. The molecule has 144 valence electrons. The second kappa shape index (κ2) is 7.95. The maximum atomic E-state index is 6.48. The Morgan fingerprint density at radius 3 is 2.64 bits per heavy atom. The minimum absolute atomic E-state index is 0.571. The first-order chi connectivity index (χ1) is 13.6. The average molecular weight is 394 g/mol. The zero-order valence-corrected chi connectivity index (χ0v) is 16.8. The van der Waals surface area contributed by atoms with E-state index in [4.69, 9.17) is 10.7 Å². The van der Waals surface area contributed by atoms with Crippen molar-refractivity contribution in [1.82, 2.24) is 24.6 Å². The van der Waals surface area contributed by atoms with Crippen LogP contribution in [-0.2, 0) is 6.54 Å². The molecule has 0 aliphatic carbocycles. The molecule has 0 amide bonds. The van der Waals surface area contributed by atoms with Gasteiger partial charge in [-0.2, -0.15) is 4.98 Å². The van der Waals surface area contributed by atoms with Gasteiger partial charge in [-0.25, -0.2) is 9.67 Å². The fourth-order valence-corrected chi connectivity index (χ4v) is 3.71. The van der Waals surface area contributed by atoms with Crippen LogP contribution in [0.25, 0.3) is 21.6 Å². The SMILES string of the molecule is CN(C)CCNc1nc(-c2cccs2)c2c(N)n(Cc3ccccc3)nc2n1. The maximum Gasteiger partial charge on any atom is 0.225 e. The average Bonchev–Trinajstić information content (AvgIpc) is 3.31. The molecule has 0 aliphatic heterocycles. The Bertz CT molecular complexity index is 1060. The van der Waals surface area contributed by atoms with Crippen LogP contribution in [-0.4, -0.2) is 51.8 Å². The summed E-state index contributed by atoms with van der Waals surface area (Å²) in [6.07, 6.45) is 0. The highest BCUT2D eigenvalue weighted by molar-refractivity contribution is 7.13. The number of likely N-dealkylation sites (N-methyl/N-ethyl adjacent to an activating group) is 1. The molecule has 3 heterocycles. The van der Waals surface area contributed by atoms with Gasteiger partial charge >= 0.3 is 0 Å². The molecule has 0 spiro atoms. The number of nitrogens with zero attached hydrogens (tertiary/aromatic N) is 5. The molecule has 0 unspecified atom stereocenters. The molecule has 8 heteroatoms. The zero-order valence-electron chi connectivity index (χ0n) is 16.0. The molecule has 1 aromatic carbocycles. The Morgan fingerprint density at radius 2 is 1.93 bits per heavy atom. The number of fused-ring (bicyclic) bond motifs is 1. The van der Waals surface area contributed by atoms with Gasteiger partial charge in [-0.3, -0.25) is 0 Å². The first-order valence-corrected chi connectivity index (χ1v) is 10.00. The van der Waals surface area contributed by atoms with Crippen molar-refractivity contribution >= 4 is 34.1 Å². The predicted octanol–water partition coefficient (Wildman–Crippen LogP) is 3.16. The van der Waals surface area contributed by atoms with Gasteiger partial charge in [-0.05, 0) is 31.1 Å². The van der Waals surface area contributed by atoms with Crippen molar-refractivity contribution in [2.45, 2.75) is 6.54 Å². The van der Waals surface area contributed by atoms with Gasteiger partial charge < -0.3 is 16.0 Å². The molecule has 28 heavy (non-hydrogen) atoms. The third kappa shape index (κ3) is 3.83. The summed E-state index contributed by atoms with van der Waals surface area (Å²) in [4.78, 5) is 12.5. The fourth-order valence-electron chi connectivity index (χ4n) is 2.99. The number of thiophene rings is 1. The van der Waals surface area contributed by atoms with Crippen LogP contribution in [0.4, 0.5) is 11.8 Å². The highest BCUT2D eigenvalue weighted by Gasteiger charge is 2.19. The number of hydrogen-bond acceptors (Lipinski definition) is 7. The van der Waals surface area contributed by atoms with E-state index in [9.17, 15) is 0 Å². The van der Waals surface area contributed by atoms with E-state index in [1.54, 1.807) is 16.0 Å². The molecule has 0 radical (unpaired) electrons. The number of nitrogen functional groups attached to an aromatic ring is 1. The van der Waals surface area contributed by atoms with E-state index in [1.165, 1.54) is 0 Å². The molecule has 3 aromatic heterocycles. The zero-order chi connectivity index (χ0) is 19.5. The molecule has 3 N–H and O–H groups in total. The van der Waals surface area contributed by atoms with Crippen LogP contribution in [0.5, 0.6) is 0 Å². The normalized spacial score (nSPS) is 11.4. The monoisotopic (exact) mass is 393 g/mol. The first-order valence-electron chi connectivity index (χ1n) is 9.12. The summed E-state index contributed by atoms with van der Waals surface area (Å²) in [6.45, 7) is 2.24. The van der Waals surface area contributed by atoms with Crippen LogP contribution in [0.15, 0.2) is 47.8 Å². The molecule has 0 fully saturated rings. The van der Waals surface area contributed by atoms with Gasteiger partial charge in [-0.15, -0.1) is 16.4 Å². The molecular weight excluding hydrogens is 370 g/mol. The van der Waals surface area contributed by atoms with E-state index in [2.05, 4.69) is 32.4 Å². The quantitative estimate of drug-likeness (QED) is 0.502. The number of rotatable bonds is 7. The minimum Gasteiger partial charge on any atom is -0.383 e. The molecule has 0 aliphatic rings. The second-order valence-electron chi connectivity index (χ2n) is 6.83. The summed E-state index contributed by atoms with van der Waals surface area (Å²) in [5, 5.41) is 10.8. The second-order valence-corrected chi connectivity index (χ2v) is 7.78. The Hall–Kier alpha value is -2.97. The summed E-state index contributed by atoms with van der Waals surface area (Å²) >= 11 is 1.63. The lowest BCUT2D eigenvalue weighted by molar-refractivity contribution is 0.425. The molecule has 0 saturated carbocycles. The summed E-state index contributed by atoms with van der Waals surface area (Å²) in [6, 6.07) is 14.2. The van der Waals surface area contributed by atoms with Crippen LogP contribution in [0, 0.1) is 0 Å². The lowest BCUT2D eigenvalue weighted by atomic mass is 10.2. The maximum absolute atomic E-state index is 6.48. The van der Waals surface area contributed by atoms with E-state index >= 15 is 0 Å². The molecule has 4 rings (SSSR count). The van der Waals surface area contributed by atoms with Crippen molar-refractivity contribution in [3.63, 3.8) is 0 Å². The van der Waals surface area contributed by atoms with E-state index in [0.717, 1.165) is 34.6 Å². The lowest BCUT2D eigenvalue weighted by Crippen LogP contribution is -2.21. The van der Waals surface area contributed by atoms with Crippen LogP contribution in [0.2, 0.25) is 0 Å². The smallest absolute Gasteiger partial charge is 0.225 e. The van der Waals surface area contributed by atoms with Gasteiger partial charge in [0.05, 0.1) is 22.5 Å². The Morgan fingerprint density at radius 1 is 1.11 bits per heavy atom. The van der Waals surface area contributed by atoms with Crippen LogP contribution in [0.3, 0.4) is 0 Å². The summed E-state index contributed by atoms with van der Waals surface area (Å²) in [7, 11) is 4.07. The highest BCUT2D eigenvalue weighted by Crippen LogP contribution is 2.34. The molecule has 0 bridgehead atoms. The van der Waals surface area contributed by atoms with Crippen molar-refractivity contribution in [1.29, 1.82) is 0 Å². The topological polar surface area (TPSA) is 84.9 Å². The number of nitrogens with two attached hydrogens (primary N) is 1. The number of anilines is 2. The number of benzene rings is 1. The van der Waals surface area contributed by atoms with Gasteiger partial charge in [0.25, 0.3) is 0 Å². The van der Waals surface area contributed by atoms with Crippen molar-refractivity contribution in [3.8, 4) is 10.6 Å². The van der Waals surface area contributed by atoms with Crippen molar-refractivity contribution in [3.05, 3.63) is 53.4 Å². The largest absolute Gasteiger partial charge is 0.383 e. The summed E-state index contributed by atoms with van der Waals surface area (Å²) in [5.74, 6) is 1.16. The lowest BCUT2D eigenvalue weighted by Gasteiger charge is -2.11. The van der Waals surface area contributed by atoms with E-state index < -0.39 is 0 Å². The molecule has 0 saturated heterocycles. The van der Waals surface area contributed by atoms with Crippen LogP contribution in [0.1, 0.15) is 5.56 Å². The highest BCUT2D eigenvalue weighted by atomic mass is 32.1. The first kappa shape index (κ1) is 18.4. The van der Waals surface area contributed by atoms with Crippen molar-refractivity contribution in [2.24, 2.45) is 0 Å². The Labute approximate surface area is 167 Å². The number of hydrogen-bond donors (Lipinski definition) is 2. The fraction of sp³-hybridized carbons (Fsp3) is 0.250. The third-order valence-corrected chi connectivity index (χ3v) is 5.29. The molecule has 4 aromatic rings. The van der Waals surface area contributed by atoms with E-state index in [1.807, 2.05) is 49.8 Å². The van der Waals surface area contributed by atoms with Crippen molar-refractivity contribution in [2.75, 3.05) is 38.2 Å². The predicted molar refractivity (Wildman–Crippen MR) is 116 cm³/mol. The Kier molecular flexibility index (Phi) is 5.23. The minimum atomic E-state index is 0.571. The Balaban J connectivity index is 1.76. The number of aromatic nitrogens is 4. The molecule has 0 atom stereocenters. The third-order valence-electron chi connectivity index (χ3n) is 4.41. The van der Waals surface area contributed by atoms with E-state index in [-0.39, 0.29) is 0 Å². The van der Waals surface area contributed by atoms with Gasteiger partial charge in [0, 0.05) is 13.1 Å². The summed E-state index contributed by atoms with van der Waals surface area (Å²) in [5.41, 5.74) is 9.05. The van der Waals surface area contributed by atoms with E-state index in [0.29, 0.717) is 24.0 Å². The van der Waals surface area contributed by atoms with Crippen LogP contribution < -0.4 is 11.1 Å². The van der Waals surface area contributed by atoms with Gasteiger partial charge in [0.1, 0.15) is 5.82 Å². The van der Waals surface area contributed by atoms with Crippen molar-refractivity contribution < 1.29 is 0 Å². The van der Waals surface area contributed by atoms with Crippen LogP contribution >= 0.6 is 11.3 Å². The van der Waals surface area contributed by atoms with Gasteiger partial charge in [-0.1, -0.05) is 36.4 Å².